The van der Waals surface area contributed by atoms with E-state index in [0.717, 1.165) is 24.2 Å². The van der Waals surface area contributed by atoms with Crippen molar-refractivity contribution in [2.24, 2.45) is 0 Å². The van der Waals surface area contributed by atoms with Gasteiger partial charge >= 0.3 is 0 Å². The first-order valence-electron chi connectivity index (χ1n) is 10.3. The third kappa shape index (κ3) is 5.24. The number of rotatable bonds is 6. The number of para-hydroxylation sites is 1. The van der Waals surface area contributed by atoms with Gasteiger partial charge in [-0.2, -0.15) is 0 Å². The first-order valence-corrected chi connectivity index (χ1v) is 11.5. The Hall–Kier alpha value is -2.18. The van der Waals surface area contributed by atoms with Gasteiger partial charge in [-0.25, -0.2) is 0 Å². The zero-order valence-electron chi connectivity index (χ0n) is 17.6. The Bertz CT molecular complexity index is 1070. The van der Waals surface area contributed by atoms with Crippen LogP contribution in [0.4, 0.5) is 0 Å². The van der Waals surface area contributed by atoms with Crippen molar-refractivity contribution >= 4 is 40.7 Å². The van der Waals surface area contributed by atoms with Crippen molar-refractivity contribution in [2.75, 3.05) is 26.2 Å². The first kappa shape index (κ1) is 23.0. The highest BCUT2D eigenvalue weighted by atomic mass is 35.5. The second-order valence-corrected chi connectivity index (χ2v) is 8.93. The average molecular weight is 494 g/mol. The van der Waals surface area contributed by atoms with E-state index in [-0.39, 0.29) is 12.5 Å². The minimum absolute atomic E-state index is 0.124. The van der Waals surface area contributed by atoms with E-state index < -0.39 is 0 Å². The predicted octanol–water partition coefficient (Wildman–Crippen LogP) is 6.09. The van der Waals surface area contributed by atoms with Crippen LogP contribution in [-0.4, -0.2) is 41.9 Å². The third-order valence-electron chi connectivity index (χ3n) is 5.50. The number of carbonyl (C=O) groups excluding carboxylic acids is 1. The molecule has 32 heavy (non-hydrogen) atoms. The number of nitrogens with zero attached hydrogens (tertiary/aromatic N) is 2. The molecule has 1 saturated heterocycles. The normalized spacial score (nSPS) is 14.6. The van der Waals surface area contributed by atoms with E-state index in [0.29, 0.717) is 52.0 Å². The van der Waals surface area contributed by atoms with Crippen LogP contribution in [-0.2, 0) is 13.2 Å². The minimum Gasteiger partial charge on any atom is -0.484 e. The largest absolute Gasteiger partial charge is 0.484 e. The second-order valence-electron chi connectivity index (χ2n) is 7.71. The minimum atomic E-state index is -0.124. The molecular formula is C24H23Cl3N2O3. The fourth-order valence-electron chi connectivity index (χ4n) is 3.69. The van der Waals surface area contributed by atoms with Crippen LogP contribution in [0.1, 0.15) is 27.4 Å². The Kier molecular flexibility index (Phi) is 7.31. The third-order valence-corrected chi connectivity index (χ3v) is 6.50. The van der Waals surface area contributed by atoms with Crippen molar-refractivity contribution in [3.05, 3.63) is 86.2 Å². The molecular weight excluding hydrogens is 471 g/mol. The van der Waals surface area contributed by atoms with Crippen LogP contribution in [0.25, 0.3) is 0 Å². The molecule has 0 spiro atoms. The molecule has 1 fully saturated rings. The number of ether oxygens (including phenoxy) is 1. The molecule has 0 unspecified atom stereocenters. The summed E-state index contributed by atoms with van der Waals surface area (Å²) in [6.07, 6.45) is 0. The van der Waals surface area contributed by atoms with Crippen molar-refractivity contribution in [1.82, 2.24) is 9.80 Å². The molecule has 0 saturated carbocycles. The molecule has 5 nitrogen and oxygen atoms in total. The number of piperazine rings is 1. The van der Waals surface area contributed by atoms with Gasteiger partial charge in [0.05, 0.1) is 5.02 Å². The Labute approximate surface area is 202 Å². The lowest BCUT2D eigenvalue weighted by atomic mass is 10.2. The molecule has 1 aromatic heterocycles. The molecule has 3 aromatic rings. The van der Waals surface area contributed by atoms with E-state index >= 15 is 0 Å². The quantitative estimate of drug-likeness (QED) is 0.417. The highest BCUT2D eigenvalue weighted by Gasteiger charge is 2.25. The fraction of sp³-hybridized carbons (Fsp3) is 0.292. The molecule has 8 heteroatoms. The van der Waals surface area contributed by atoms with Crippen LogP contribution >= 0.6 is 34.8 Å². The van der Waals surface area contributed by atoms with Gasteiger partial charge in [-0.1, -0.05) is 53.0 Å². The number of carbonyl (C=O) groups is 1. The number of amides is 1. The summed E-state index contributed by atoms with van der Waals surface area (Å²) in [6.45, 7) is 5.45. The number of furan rings is 1. The summed E-state index contributed by atoms with van der Waals surface area (Å²) in [5.41, 5.74) is 1.86. The molecule has 0 bridgehead atoms. The van der Waals surface area contributed by atoms with Gasteiger partial charge in [0.1, 0.15) is 18.1 Å². The molecule has 168 valence electrons. The van der Waals surface area contributed by atoms with Gasteiger partial charge in [0, 0.05) is 48.3 Å². The maximum Gasteiger partial charge on any atom is 0.289 e. The highest BCUT2D eigenvalue weighted by molar-refractivity contribution is 6.36. The molecule has 0 atom stereocenters. The van der Waals surface area contributed by atoms with Crippen LogP contribution in [0.3, 0.4) is 0 Å². The number of hydrogen-bond donors (Lipinski definition) is 0. The lowest BCUT2D eigenvalue weighted by Crippen LogP contribution is -2.48. The lowest BCUT2D eigenvalue weighted by Gasteiger charge is -2.34. The SMILES string of the molecule is Cc1cccc(Cl)c1OCc1ccc(C(=O)N2CCN(Cc3c(Cl)cccc3Cl)CC2)o1. The molecule has 2 aromatic carbocycles. The molecule has 4 rings (SSSR count). The van der Waals surface area contributed by atoms with Crippen LogP contribution < -0.4 is 4.74 Å². The zero-order valence-corrected chi connectivity index (χ0v) is 19.9. The number of hydrogen-bond acceptors (Lipinski definition) is 4. The Balaban J connectivity index is 1.31. The second kappa shape index (κ2) is 10.2. The van der Waals surface area contributed by atoms with Crippen molar-refractivity contribution in [1.29, 1.82) is 0 Å². The topological polar surface area (TPSA) is 45.9 Å². The summed E-state index contributed by atoms with van der Waals surface area (Å²) in [4.78, 5) is 16.9. The molecule has 0 N–H and O–H groups in total. The van der Waals surface area contributed by atoms with Crippen LogP contribution in [0.2, 0.25) is 15.1 Å². The van der Waals surface area contributed by atoms with Gasteiger partial charge in [0.15, 0.2) is 5.76 Å². The molecule has 2 heterocycles. The van der Waals surface area contributed by atoms with E-state index in [9.17, 15) is 4.79 Å². The van der Waals surface area contributed by atoms with E-state index in [1.807, 2.05) is 37.3 Å². The first-order chi connectivity index (χ1) is 15.4. The summed E-state index contributed by atoms with van der Waals surface area (Å²) >= 11 is 18.8. The highest BCUT2D eigenvalue weighted by Crippen LogP contribution is 2.29. The van der Waals surface area contributed by atoms with E-state index in [4.69, 9.17) is 44.0 Å². The van der Waals surface area contributed by atoms with Crippen LogP contribution in [0.5, 0.6) is 5.75 Å². The average Bonchev–Trinajstić information content (AvgIpc) is 3.25. The summed E-state index contributed by atoms with van der Waals surface area (Å²) in [7, 11) is 0. The smallest absolute Gasteiger partial charge is 0.289 e. The van der Waals surface area contributed by atoms with Crippen LogP contribution in [0.15, 0.2) is 52.9 Å². The van der Waals surface area contributed by atoms with E-state index in [2.05, 4.69) is 4.90 Å². The number of halogens is 3. The summed E-state index contributed by atoms with van der Waals surface area (Å²) < 4.78 is 11.5. The standard InChI is InChI=1S/C24H23Cl3N2O3/c1-16-4-2-7-21(27)23(16)31-15-17-8-9-22(32-17)24(30)29-12-10-28(11-13-29)14-18-19(25)5-3-6-20(18)26/h2-9H,10-15H2,1H3. The summed E-state index contributed by atoms with van der Waals surface area (Å²) in [5.74, 6) is 1.37. The maximum atomic E-state index is 12.9. The van der Waals surface area contributed by atoms with Gasteiger partial charge in [-0.05, 0) is 42.8 Å². The zero-order chi connectivity index (χ0) is 22.7. The molecule has 1 amide bonds. The molecule has 1 aliphatic heterocycles. The summed E-state index contributed by atoms with van der Waals surface area (Å²) in [6, 6.07) is 14.5. The monoisotopic (exact) mass is 492 g/mol. The van der Waals surface area contributed by atoms with Crippen molar-refractivity contribution in [2.45, 2.75) is 20.1 Å². The van der Waals surface area contributed by atoms with Gasteiger partial charge in [-0.15, -0.1) is 0 Å². The Morgan fingerprint density at radius 2 is 1.59 bits per heavy atom. The van der Waals surface area contributed by atoms with Gasteiger partial charge < -0.3 is 14.1 Å². The van der Waals surface area contributed by atoms with Crippen molar-refractivity contribution in [3.8, 4) is 5.75 Å². The fourth-order valence-corrected chi connectivity index (χ4v) is 4.48. The van der Waals surface area contributed by atoms with Crippen molar-refractivity contribution in [3.63, 3.8) is 0 Å². The molecule has 1 aliphatic rings. The van der Waals surface area contributed by atoms with Gasteiger partial charge in [0.2, 0.25) is 0 Å². The summed E-state index contributed by atoms with van der Waals surface area (Å²) in [5, 5.41) is 1.87. The number of aryl methyl sites for hydroxylation is 1. The molecule has 0 radical (unpaired) electrons. The van der Waals surface area contributed by atoms with E-state index in [1.165, 1.54) is 0 Å². The van der Waals surface area contributed by atoms with Crippen molar-refractivity contribution < 1.29 is 13.9 Å². The van der Waals surface area contributed by atoms with E-state index in [1.54, 1.807) is 23.1 Å². The Morgan fingerprint density at radius 1 is 0.938 bits per heavy atom. The van der Waals surface area contributed by atoms with Crippen LogP contribution in [0, 0.1) is 6.92 Å². The lowest BCUT2D eigenvalue weighted by molar-refractivity contribution is 0.0594. The van der Waals surface area contributed by atoms with Gasteiger partial charge in [0.25, 0.3) is 5.91 Å². The maximum absolute atomic E-state index is 12.9. The van der Waals surface area contributed by atoms with Gasteiger partial charge in [-0.3, -0.25) is 9.69 Å². The predicted molar refractivity (Wildman–Crippen MR) is 127 cm³/mol. The Morgan fingerprint density at radius 3 is 2.28 bits per heavy atom. The molecule has 0 aliphatic carbocycles. The number of benzene rings is 2.